The quantitative estimate of drug-likeness (QED) is 0.832. The molecular weight excluding hydrogens is 270 g/mol. The molecule has 102 valence electrons. The summed E-state index contributed by atoms with van der Waals surface area (Å²) in [6, 6.07) is 5.53. The van der Waals surface area contributed by atoms with Gasteiger partial charge >= 0.3 is 0 Å². The molecule has 1 aromatic carbocycles. The summed E-state index contributed by atoms with van der Waals surface area (Å²) in [6.07, 6.45) is 1.73. The lowest BCUT2D eigenvalue weighted by Crippen LogP contribution is -2.13. The van der Waals surface area contributed by atoms with Crippen molar-refractivity contribution in [3.05, 3.63) is 46.0 Å². The van der Waals surface area contributed by atoms with Crippen LogP contribution in [0.1, 0.15) is 26.4 Å². The minimum absolute atomic E-state index is 0.173. The Kier molecular flexibility index (Phi) is 4.51. The highest BCUT2D eigenvalue weighted by atomic mass is 32.1. The van der Waals surface area contributed by atoms with Gasteiger partial charge in [-0.05, 0) is 31.5 Å². The Morgan fingerprint density at radius 2 is 2.25 bits per heavy atom. The number of aromatic nitrogens is 1. The molecule has 0 radical (unpaired) electrons. The first-order valence-corrected chi connectivity index (χ1v) is 6.95. The van der Waals surface area contributed by atoms with Gasteiger partial charge in [0.05, 0.1) is 6.54 Å². The SMILES string of the molecule is Cc1cnc(NC(=O)c2cc(C#CCN)ccc2C)s1. The lowest BCUT2D eigenvalue weighted by molar-refractivity contribution is 0.102. The highest BCUT2D eigenvalue weighted by Gasteiger charge is 2.11. The van der Waals surface area contributed by atoms with E-state index < -0.39 is 0 Å². The van der Waals surface area contributed by atoms with Crippen molar-refractivity contribution in [2.24, 2.45) is 5.73 Å². The van der Waals surface area contributed by atoms with Gasteiger partial charge in [0.2, 0.25) is 0 Å². The fourth-order valence-electron chi connectivity index (χ4n) is 1.67. The number of hydrogen-bond donors (Lipinski definition) is 2. The molecular formula is C15H15N3OS. The normalized spacial score (nSPS) is 9.75. The Morgan fingerprint density at radius 3 is 2.90 bits per heavy atom. The Balaban J connectivity index is 2.24. The molecule has 2 rings (SSSR count). The number of hydrogen-bond acceptors (Lipinski definition) is 4. The maximum Gasteiger partial charge on any atom is 0.257 e. The average molecular weight is 285 g/mol. The largest absolute Gasteiger partial charge is 0.320 e. The van der Waals surface area contributed by atoms with Gasteiger partial charge in [0, 0.05) is 22.2 Å². The van der Waals surface area contributed by atoms with E-state index >= 15 is 0 Å². The highest BCUT2D eigenvalue weighted by molar-refractivity contribution is 7.15. The van der Waals surface area contributed by atoms with E-state index in [0.29, 0.717) is 17.2 Å². The summed E-state index contributed by atoms with van der Waals surface area (Å²) in [7, 11) is 0. The number of nitrogens with zero attached hydrogens (tertiary/aromatic N) is 1. The number of anilines is 1. The van der Waals surface area contributed by atoms with Crippen molar-refractivity contribution < 1.29 is 4.79 Å². The molecule has 5 heteroatoms. The van der Waals surface area contributed by atoms with Crippen molar-refractivity contribution in [2.45, 2.75) is 13.8 Å². The van der Waals surface area contributed by atoms with E-state index in [2.05, 4.69) is 22.1 Å². The molecule has 0 aliphatic heterocycles. The number of amides is 1. The van der Waals surface area contributed by atoms with Crippen LogP contribution in [-0.2, 0) is 0 Å². The van der Waals surface area contributed by atoms with Gasteiger partial charge in [0.15, 0.2) is 5.13 Å². The molecule has 1 heterocycles. The number of thiazole rings is 1. The second kappa shape index (κ2) is 6.33. The number of nitrogens with two attached hydrogens (primary N) is 1. The topological polar surface area (TPSA) is 68.0 Å². The molecule has 0 atom stereocenters. The van der Waals surface area contributed by atoms with Crippen LogP contribution in [0, 0.1) is 25.7 Å². The molecule has 1 amide bonds. The lowest BCUT2D eigenvalue weighted by atomic mass is 10.0. The Bertz CT molecular complexity index is 695. The van der Waals surface area contributed by atoms with E-state index in [1.165, 1.54) is 11.3 Å². The molecule has 3 N–H and O–H groups in total. The van der Waals surface area contributed by atoms with Crippen molar-refractivity contribution in [1.29, 1.82) is 0 Å². The lowest BCUT2D eigenvalue weighted by Gasteiger charge is -2.06. The van der Waals surface area contributed by atoms with Crippen LogP contribution in [0.2, 0.25) is 0 Å². The summed E-state index contributed by atoms with van der Waals surface area (Å²) < 4.78 is 0. The van der Waals surface area contributed by atoms with Gasteiger partial charge in [-0.1, -0.05) is 17.9 Å². The molecule has 0 saturated heterocycles. The van der Waals surface area contributed by atoms with E-state index in [9.17, 15) is 4.79 Å². The number of benzene rings is 1. The Labute approximate surface area is 122 Å². The molecule has 0 bridgehead atoms. The molecule has 4 nitrogen and oxygen atoms in total. The molecule has 0 fully saturated rings. The van der Waals surface area contributed by atoms with Crippen LogP contribution >= 0.6 is 11.3 Å². The van der Waals surface area contributed by atoms with Gasteiger partial charge in [-0.15, -0.1) is 11.3 Å². The first-order valence-electron chi connectivity index (χ1n) is 6.13. The van der Waals surface area contributed by atoms with Gasteiger partial charge in [0.25, 0.3) is 5.91 Å². The number of carbonyl (C=O) groups is 1. The zero-order valence-corrected chi connectivity index (χ0v) is 12.2. The molecule has 1 aromatic heterocycles. The summed E-state index contributed by atoms with van der Waals surface area (Å²) in [4.78, 5) is 17.4. The van der Waals surface area contributed by atoms with Crippen molar-refractivity contribution in [2.75, 3.05) is 11.9 Å². The Hall–Kier alpha value is -2.16. The van der Waals surface area contributed by atoms with Crippen molar-refractivity contribution >= 4 is 22.4 Å². The summed E-state index contributed by atoms with van der Waals surface area (Å²) in [5.74, 6) is 5.53. The monoisotopic (exact) mass is 285 g/mol. The van der Waals surface area contributed by atoms with Crippen LogP contribution in [0.15, 0.2) is 24.4 Å². The average Bonchev–Trinajstić information content (AvgIpc) is 2.83. The van der Waals surface area contributed by atoms with Crippen molar-refractivity contribution in [3.8, 4) is 11.8 Å². The molecule has 20 heavy (non-hydrogen) atoms. The van der Waals surface area contributed by atoms with Gasteiger partial charge in [-0.2, -0.15) is 0 Å². The van der Waals surface area contributed by atoms with E-state index in [-0.39, 0.29) is 5.91 Å². The van der Waals surface area contributed by atoms with E-state index in [4.69, 9.17) is 5.73 Å². The van der Waals surface area contributed by atoms with Crippen LogP contribution in [0.5, 0.6) is 0 Å². The molecule has 0 aliphatic rings. The third-order valence-electron chi connectivity index (χ3n) is 2.66. The van der Waals surface area contributed by atoms with Crippen LogP contribution < -0.4 is 11.1 Å². The number of rotatable bonds is 2. The fraction of sp³-hybridized carbons (Fsp3) is 0.200. The minimum atomic E-state index is -0.173. The smallest absolute Gasteiger partial charge is 0.257 e. The number of carbonyl (C=O) groups excluding carboxylic acids is 1. The van der Waals surface area contributed by atoms with Gasteiger partial charge < -0.3 is 5.73 Å². The first-order chi connectivity index (χ1) is 9.60. The third kappa shape index (κ3) is 3.44. The zero-order chi connectivity index (χ0) is 14.5. The van der Waals surface area contributed by atoms with E-state index in [0.717, 1.165) is 16.0 Å². The summed E-state index contributed by atoms with van der Waals surface area (Å²) in [5, 5.41) is 3.40. The maximum absolute atomic E-state index is 12.3. The maximum atomic E-state index is 12.3. The standard InChI is InChI=1S/C15H15N3OS/c1-10-5-6-12(4-3-7-16)8-13(10)14(19)18-15-17-9-11(2)20-15/h5-6,8-9H,7,16H2,1-2H3,(H,17,18,19). The zero-order valence-electron chi connectivity index (χ0n) is 11.4. The molecule has 0 aliphatic carbocycles. The van der Waals surface area contributed by atoms with Gasteiger partial charge in [0.1, 0.15) is 0 Å². The van der Waals surface area contributed by atoms with Crippen LogP contribution in [-0.4, -0.2) is 17.4 Å². The van der Waals surface area contributed by atoms with Gasteiger partial charge in [-0.25, -0.2) is 4.98 Å². The van der Waals surface area contributed by atoms with Crippen LogP contribution in [0.3, 0.4) is 0 Å². The molecule has 0 saturated carbocycles. The van der Waals surface area contributed by atoms with Gasteiger partial charge in [-0.3, -0.25) is 10.1 Å². The minimum Gasteiger partial charge on any atom is -0.320 e. The Morgan fingerprint density at radius 1 is 1.45 bits per heavy atom. The van der Waals surface area contributed by atoms with Crippen LogP contribution in [0.4, 0.5) is 5.13 Å². The van der Waals surface area contributed by atoms with Crippen molar-refractivity contribution in [1.82, 2.24) is 4.98 Å². The highest BCUT2D eigenvalue weighted by Crippen LogP contribution is 2.19. The summed E-state index contributed by atoms with van der Waals surface area (Å²) in [6.45, 7) is 4.14. The first kappa shape index (κ1) is 14.3. The molecule has 0 unspecified atom stereocenters. The number of nitrogens with one attached hydrogen (secondary N) is 1. The molecule has 0 spiro atoms. The second-order valence-corrected chi connectivity index (χ2v) is 5.50. The fourth-order valence-corrected chi connectivity index (χ4v) is 2.33. The second-order valence-electron chi connectivity index (χ2n) is 4.27. The van der Waals surface area contributed by atoms with Crippen LogP contribution in [0.25, 0.3) is 0 Å². The third-order valence-corrected chi connectivity index (χ3v) is 3.49. The summed E-state index contributed by atoms with van der Waals surface area (Å²) in [5.41, 5.74) is 7.62. The summed E-state index contributed by atoms with van der Waals surface area (Å²) >= 11 is 1.45. The van der Waals surface area contributed by atoms with E-state index in [1.807, 2.05) is 26.0 Å². The molecule has 2 aromatic rings. The predicted molar refractivity (Wildman–Crippen MR) is 81.9 cm³/mol. The number of aryl methyl sites for hydroxylation is 2. The van der Waals surface area contributed by atoms with E-state index in [1.54, 1.807) is 12.3 Å². The van der Waals surface area contributed by atoms with Crippen molar-refractivity contribution in [3.63, 3.8) is 0 Å². The predicted octanol–water partition coefficient (Wildman–Crippen LogP) is 2.32.